The van der Waals surface area contributed by atoms with Crippen LogP contribution in [0.15, 0.2) is 0 Å². The molecule has 0 amide bonds. The van der Waals surface area contributed by atoms with E-state index >= 15 is 0 Å². The second kappa shape index (κ2) is 30.7. The van der Waals surface area contributed by atoms with E-state index < -0.39 is 0 Å². The Hall–Kier alpha value is 0.710. The molecule has 0 bridgehead atoms. The van der Waals surface area contributed by atoms with Crippen LogP contribution in [0.5, 0.6) is 0 Å². The standard InChI is InChI=1S/C28H58O2Te/c1-3-29-25-21-17-13-9-5-7-11-15-19-23-27-31-28-24-20-16-12-8-6-10-14-18-22-26-30-4-2/h3-28H2,1-2H3. The molecule has 0 atom stereocenters. The molecule has 0 aromatic carbocycles. The summed E-state index contributed by atoms with van der Waals surface area (Å²) in [6, 6.07) is 0. The van der Waals surface area contributed by atoms with E-state index in [1.54, 1.807) is 8.94 Å². The number of unbranched alkanes of at least 4 members (excludes halogenated alkanes) is 18. The first-order chi connectivity index (χ1) is 15.4. The number of rotatable bonds is 28. The van der Waals surface area contributed by atoms with Gasteiger partial charge in [-0.3, -0.25) is 0 Å². The van der Waals surface area contributed by atoms with Crippen molar-refractivity contribution in [3.05, 3.63) is 0 Å². The summed E-state index contributed by atoms with van der Waals surface area (Å²) < 4.78 is 14.0. The fourth-order valence-corrected chi connectivity index (χ4v) is 6.95. The van der Waals surface area contributed by atoms with Crippen LogP contribution >= 0.6 is 0 Å². The molecule has 188 valence electrons. The van der Waals surface area contributed by atoms with Gasteiger partial charge in [0.15, 0.2) is 0 Å². The SMILES string of the molecule is CCOCCCCCCCCCCCC[Te]CCCCCCCCCCCCOCC. The van der Waals surface area contributed by atoms with Gasteiger partial charge in [0.2, 0.25) is 0 Å². The fraction of sp³-hybridized carbons (Fsp3) is 1.00. The Labute approximate surface area is 207 Å². The molecule has 31 heavy (non-hydrogen) atoms. The van der Waals surface area contributed by atoms with E-state index in [9.17, 15) is 0 Å². The van der Waals surface area contributed by atoms with Crippen molar-refractivity contribution >= 4 is 20.9 Å². The molecule has 0 rings (SSSR count). The minimum absolute atomic E-state index is 0.348. The smallest absolute Gasteiger partial charge is 0.382 e. The average Bonchev–Trinajstić information content (AvgIpc) is 2.78. The zero-order chi connectivity index (χ0) is 22.5. The summed E-state index contributed by atoms with van der Waals surface area (Å²) in [7, 11) is 0. The molecule has 0 aliphatic carbocycles. The summed E-state index contributed by atoms with van der Waals surface area (Å²) in [6.45, 7) is 7.85. The summed E-state index contributed by atoms with van der Waals surface area (Å²) in [4.78, 5) is 0. The summed E-state index contributed by atoms with van der Waals surface area (Å²) in [5.74, 6) is 0. The van der Waals surface area contributed by atoms with E-state index in [1.165, 1.54) is 128 Å². The van der Waals surface area contributed by atoms with E-state index in [-0.39, 0.29) is 0 Å². The van der Waals surface area contributed by atoms with Gasteiger partial charge in [0.1, 0.15) is 0 Å². The van der Waals surface area contributed by atoms with Gasteiger partial charge >= 0.3 is 171 Å². The summed E-state index contributed by atoms with van der Waals surface area (Å²) in [6.07, 6.45) is 28.8. The Balaban J connectivity index is 2.98. The van der Waals surface area contributed by atoms with Gasteiger partial charge in [0.25, 0.3) is 0 Å². The van der Waals surface area contributed by atoms with Gasteiger partial charge in [-0.05, 0) is 13.8 Å². The van der Waals surface area contributed by atoms with Crippen molar-refractivity contribution in [3.8, 4) is 0 Å². The predicted octanol–water partition coefficient (Wildman–Crippen LogP) is 9.40. The number of hydrogen-bond donors (Lipinski definition) is 0. The first-order valence-corrected chi connectivity index (χ1v) is 17.4. The molecule has 0 unspecified atom stereocenters. The Kier molecular flexibility index (Phi) is 31.4. The van der Waals surface area contributed by atoms with E-state index in [0.29, 0.717) is 20.9 Å². The predicted molar refractivity (Wildman–Crippen MR) is 141 cm³/mol. The molecule has 0 N–H and O–H groups in total. The molecule has 0 saturated heterocycles. The molecule has 2 nitrogen and oxygen atoms in total. The van der Waals surface area contributed by atoms with Crippen molar-refractivity contribution in [2.45, 2.75) is 151 Å². The maximum atomic E-state index is 5.39. The molecule has 0 aliphatic heterocycles. The number of ether oxygens (including phenoxy) is 2. The minimum Gasteiger partial charge on any atom is -0.382 e. The zero-order valence-electron chi connectivity index (χ0n) is 21.6. The van der Waals surface area contributed by atoms with Gasteiger partial charge in [-0.1, -0.05) is 0 Å². The first-order valence-electron chi connectivity index (χ1n) is 14.1. The Morgan fingerprint density at radius 1 is 0.355 bits per heavy atom. The summed E-state index contributed by atoms with van der Waals surface area (Å²) in [5, 5.41) is 0. The van der Waals surface area contributed by atoms with Crippen LogP contribution in [-0.4, -0.2) is 47.4 Å². The minimum atomic E-state index is 0.348. The zero-order valence-corrected chi connectivity index (χ0v) is 23.9. The van der Waals surface area contributed by atoms with Crippen LogP contribution < -0.4 is 0 Å². The molecular weight excluding hydrogens is 496 g/mol. The van der Waals surface area contributed by atoms with Gasteiger partial charge in [-0.2, -0.15) is 0 Å². The molecule has 0 aliphatic rings. The van der Waals surface area contributed by atoms with Crippen molar-refractivity contribution in [1.82, 2.24) is 0 Å². The van der Waals surface area contributed by atoms with Crippen molar-refractivity contribution in [2.24, 2.45) is 0 Å². The van der Waals surface area contributed by atoms with Gasteiger partial charge in [-0.15, -0.1) is 0 Å². The van der Waals surface area contributed by atoms with Crippen molar-refractivity contribution in [1.29, 1.82) is 0 Å². The molecule has 3 heteroatoms. The molecule has 0 aromatic rings. The second-order valence-corrected chi connectivity index (χ2v) is 12.6. The molecular formula is C28H58O2Te. The summed E-state index contributed by atoms with van der Waals surface area (Å²) >= 11 is 0.348. The van der Waals surface area contributed by atoms with E-state index in [1.807, 2.05) is 0 Å². The Morgan fingerprint density at radius 3 is 0.903 bits per heavy atom. The third kappa shape index (κ3) is 30.7. The van der Waals surface area contributed by atoms with Crippen LogP contribution in [0.25, 0.3) is 0 Å². The Bertz CT molecular complexity index is 271. The molecule has 0 saturated carbocycles. The molecule has 0 radical (unpaired) electrons. The Morgan fingerprint density at radius 2 is 0.613 bits per heavy atom. The first kappa shape index (κ1) is 31.7. The van der Waals surface area contributed by atoms with Crippen LogP contribution in [0.1, 0.15) is 142 Å². The van der Waals surface area contributed by atoms with Gasteiger partial charge < -0.3 is 9.47 Å². The maximum absolute atomic E-state index is 5.39. The topological polar surface area (TPSA) is 18.5 Å². The van der Waals surface area contributed by atoms with Crippen LogP contribution in [0.3, 0.4) is 0 Å². The fourth-order valence-electron chi connectivity index (χ4n) is 4.04. The molecule has 0 aromatic heterocycles. The van der Waals surface area contributed by atoms with E-state index in [0.717, 1.165) is 26.4 Å². The van der Waals surface area contributed by atoms with Gasteiger partial charge in [0.05, 0.1) is 0 Å². The van der Waals surface area contributed by atoms with Gasteiger partial charge in [-0.25, -0.2) is 0 Å². The normalized spacial score (nSPS) is 11.4. The van der Waals surface area contributed by atoms with Crippen molar-refractivity contribution in [3.63, 3.8) is 0 Å². The van der Waals surface area contributed by atoms with Crippen molar-refractivity contribution in [2.75, 3.05) is 26.4 Å². The van der Waals surface area contributed by atoms with Crippen LogP contribution in [0.2, 0.25) is 8.94 Å². The van der Waals surface area contributed by atoms with E-state index in [2.05, 4.69) is 13.8 Å². The summed E-state index contributed by atoms with van der Waals surface area (Å²) in [5.41, 5.74) is 0. The van der Waals surface area contributed by atoms with E-state index in [4.69, 9.17) is 9.47 Å². The second-order valence-electron chi connectivity index (χ2n) is 9.08. The monoisotopic (exact) mass is 556 g/mol. The molecule has 0 fully saturated rings. The molecule has 0 heterocycles. The average molecular weight is 554 g/mol. The molecule has 0 spiro atoms. The quantitative estimate of drug-likeness (QED) is 0.0709. The van der Waals surface area contributed by atoms with Crippen LogP contribution in [0.4, 0.5) is 0 Å². The van der Waals surface area contributed by atoms with Crippen molar-refractivity contribution < 1.29 is 9.47 Å². The van der Waals surface area contributed by atoms with Crippen LogP contribution in [0, 0.1) is 0 Å². The van der Waals surface area contributed by atoms with Gasteiger partial charge in [0, 0.05) is 13.2 Å². The third-order valence-corrected chi connectivity index (χ3v) is 9.36. The number of hydrogen-bond acceptors (Lipinski definition) is 2. The third-order valence-electron chi connectivity index (χ3n) is 6.06. The van der Waals surface area contributed by atoms with Crippen LogP contribution in [-0.2, 0) is 9.47 Å².